The third kappa shape index (κ3) is 1.83. The van der Waals surface area contributed by atoms with Crippen LogP contribution in [0.15, 0.2) is 22.9 Å². The van der Waals surface area contributed by atoms with Gasteiger partial charge in [0.2, 0.25) is 0 Å². The molecule has 3 heterocycles. The number of anilines is 1. The second-order valence-corrected chi connectivity index (χ2v) is 5.48. The average molecular weight is 295 g/mol. The van der Waals surface area contributed by atoms with E-state index in [1.807, 2.05) is 18.3 Å². The zero-order valence-electron chi connectivity index (χ0n) is 9.73. The van der Waals surface area contributed by atoms with Crippen molar-refractivity contribution >= 4 is 27.1 Å². The summed E-state index contributed by atoms with van der Waals surface area (Å²) in [6, 6.07) is 3.92. The summed E-state index contributed by atoms with van der Waals surface area (Å²) in [5.74, 6) is 1.61. The molecular formula is C12H15BrN4. The lowest BCUT2D eigenvalue weighted by Crippen LogP contribution is -2.14. The molecule has 5 heteroatoms. The Kier molecular flexibility index (Phi) is 2.60. The van der Waals surface area contributed by atoms with E-state index in [0.29, 0.717) is 5.92 Å². The molecule has 1 saturated heterocycles. The van der Waals surface area contributed by atoms with Gasteiger partial charge in [-0.15, -0.1) is 0 Å². The summed E-state index contributed by atoms with van der Waals surface area (Å²) >= 11 is 3.52. The van der Waals surface area contributed by atoms with Crippen molar-refractivity contribution in [3.8, 4) is 0 Å². The molecule has 0 aliphatic carbocycles. The summed E-state index contributed by atoms with van der Waals surface area (Å²) in [5, 5.41) is 0. The van der Waals surface area contributed by atoms with Crippen LogP contribution < -0.4 is 5.73 Å². The lowest BCUT2D eigenvalue weighted by molar-refractivity contribution is 0.409. The number of hydrogen-bond acceptors (Lipinski definition) is 3. The topological polar surface area (TPSA) is 46.6 Å². The number of nitrogen functional groups attached to an aromatic ring is 1. The summed E-state index contributed by atoms with van der Waals surface area (Å²) in [6.45, 7) is 2.21. The first-order chi connectivity index (χ1) is 8.15. The molecule has 0 spiro atoms. The number of imidazole rings is 1. The van der Waals surface area contributed by atoms with Crippen LogP contribution >= 0.6 is 15.9 Å². The van der Waals surface area contributed by atoms with E-state index in [-0.39, 0.29) is 0 Å². The van der Waals surface area contributed by atoms with Crippen molar-refractivity contribution in [3.05, 3.63) is 28.8 Å². The molecule has 3 rings (SSSR count). The molecule has 17 heavy (non-hydrogen) atoms. The van der Waals surface area contributed by atoms with Gasteiger partial charge in [0.05, 0.1) is 5.52 Å². The molecule has 1 fully saturated rings. The number of likely N-dealkylation sites (N-methyl/N-ethyl adjacent to an activating group) is 1. The van der Waals surface area contributed by atoms with E-state index >= 15 is 0 Å². The van der Waals surface area contributed by atoms with Gasteiger partial charge in [-0.05, 0) is 48.1 Å². The molecule has 90 valence electrons. The number of hydrogen-bond donors (Lipinski definition) is 1. The smallest absolute Gasteiger partial charge is 0.132 e. The molecule has 2 N–H and O–H groups in total. The minimum Gasteiger partial charge on any atom is -0.398 e. The summed E-state index contributed by atoms with van der Waals surface area (Å²) in [4.78, 5) is 6.98. The molecule has 0 bridgehead atoms. The number of likely N-dealkylation sites (tertiary alicyclic amines) is 1. The molecule has 0 radical (unpaired) electrons. The summed E-state index contributed by atoms with van der Waals surface area (Å²) < 4.78 is 3.02. The maximum atomic E-state index is 5.85. The maximum Gasteiger partial charge on any atom is 0.132 e. The van der Waals surface area contributed by atoms with Crippen LogP contribution in [-0.2, 0) is 0 Å². The van der Waals surface area contributed by atoms with Crippen LogP contribution in [0.25, 0.3) is 5.52 Å². The molecule has 1 unspecified atom stereocenters. The van der Waals surface area contributed by atoms with Crippen LogP contribution in [0.5, 0.6) is 0 Å². The molecule has 0 aromatic carbocycles. The van der Waals surface area contributed by atoms with Gasteiger partial charge in [-0.2, -0.15) is 0 Å². The van der Waals surface area contributed by atoms with Crippen molar-refractivity contribution in [2.24, 2.45) is 0 Å². The van der Waals surface area contributed by atoms with E-state index in [1.54, 1.807) is 0 Å². The predicted octanol–water partition coefficient (Wildman–Crippen LogP) is 2.10. The van der Waals surface area contributed by atoms with Crippen molar-refractivity contribution in [1.29, 1.82) is 0 Å². The summed E-state index contributed by atoms with van der Waals surface area (Å²) in [7, 11) is 2.15. The molecule has 1 aliphatic heterocycles. The van der Waals surface area contributed by atoms with E-state index in [4.69, 9.17) is 5.73 Å². The number of rotatable bonds is 1. The molecular weight excluding hydrogens is 280 g/mol. The molecule has 2 aromatic rings. The highest BCUT2D eigenvalue weighted by Gasteiger charge is 2.25. The minimum atomic E-state index is 0.501. The Labute approximate surface area is 109 Å². The van der Waals surface area contributed by atoms with Crippen molar-refractivity contribution in [2.45, 2.75) is 12.3 Å². The van der Waals surface area contributed by atoms with Crippen LogP contribution in [0.4, 0.5) is 5.69 Å². The number of nitrogens with zero attached hydrogens (tertiary/aromatic N) is 3. The second-order valence-electron chi connectivity index (χ2n) is 4.73. The quantitative estimate of drug-likeness (QED) is 0.876. The van der Waals surface area contributed by atoms with Crippen molar-refractivity contribution in [1.82, 2.24) is 14.3 Å². The fourth-order valence-electron chi connectivity index (χ4n) is 2.52. The van der Waals surface area contributed by atoms with Gasteiger partial charge in [-0.25, -0.2) is 4.98 Å². The standard InChI is InChI=1S/C12H15BrN4/c1-16-5-4-8(6-16)12-15-11(13)10-3-2-9(14)7-17(10)12/h2-3,7-8H,4-6,14H2,1H3. The summed E-state index contributed by atoms with van der Waals surface area (Å²) in [5.41, 5.74) is 7.71. The highest BCUT2D eigenvalue weighted by molar-refractivity contribution is 9.10. The number of nitrogens with two attached hydrogens (primary N) is 1. The highest BCUT2D eigenvalue weighted by atomic mass is 79.9. The van der Waals surface area contributed by atoms with E-state index in [9.17, 15) is 0 Å². The Hall–Kier alpha value is -1.07. The number of aromatic nitrogens is 2. The zero-order valence-corrected chi connectivity index (χ0v) is 11.3. The Morgan fingerprint density at radius 1 is 1.47 bits per heavy atom. The van der Waals surface area contributed by atoms with E-state index in [1.165, 1.54) is 0 Å². The molecule has 0 amide bonds. The third-order valence-electron chi connectivity index (χ3n) is 3.40. The van der Waals surface area contributed by atoms with Gasteiger partial charge in [0.25, 0.3) is 0 Å². The fraction of sp³-hybridized carbons (Fsp3) is 0.417. The molecule has 2 aromatic heterocycles. The van der Waals surface area contributed by atoms with Crippen LogP contribution in [0.3, 0.4) is 0 Å². The second kappa shape index (κ2) is 3.99. The Morgan fingerprint density at radius 2 is 2.29 bits per heavy atom. The molecule has 1 atom stereocenters. The zero-order chi connectivity index (χ0) is 12.0. The monoisotopic (exact) mass is 294 g/mol. The number of fused-ring (bicyclic) bond motifs is 1. The average Bonchev–Trinajstić information content (AvgIpc) is 2.83. The van der Waals surface area contributed by atoms with Crippen LogP contribution in [0, 0.1) is 0 Å². The summed E-state index contributed by atoms with van der Waals surface area (Å²) in [6.07, 6.45) is 3.12. The van der Waals surface area contributed by atoms with Crippen LogP contribution in [0.2, 0.25) is 0 Å². The lowest BCUT2D eigenvalue weighted by atomic mass is 10.1. The van der Waals surface area contributed by atoms with Crippen molar-refractivity contribution in [3.63, 3.8) is 0 Å². The van der Waals surface area contributed by atoms with E-state index in [2.05, 4.69) is 37.3 Å². The number of halogens is 1. The van der Waals surface area contributed by atoms with Gasteiger partial charge in [0, 0.05) is 24.3 Å². The molecule has 4 nitrogen and oxygen atoms in total. The Morgan fingerprint density at radius 3 is 3.00 bits per heavy atom. The first kappa shape index (κ1) is 11.0. The third-order valence-corrected chi connectivity index (χ3v) is 3.98. The van der Waals surface area contributed by atoms with Gasteiger partial charge >= 0.3 is 0 Å². The van der Waals surface area contributed by atoms with Crippen LogP contribution in [0.1, 0.15) is 18.2 Å². The first-order valence-corrected chi connectivity index (χ1v) is 6.56. The van der Waals surface area contributed by atoms with Gasteiger partial charge < -0.3 is 15.0 Å². The largest absolute Gasteiger partial charge is 0.398 e. The van der Waals surface area contributed by atoms with Gasteiger partial charge in [0.15, 0.2) is 0 Å². The van der Waals surface area contributed by atoms with Gasteiger partial charge in [-0.3, -0.25) is 0 Å². The van der Waals surface area contributed by atoms with E-state index < -0.39 is 0 Å². The van der Waals surface area contributed by atoms with Crippen molar-refractivity contribution in [2.75, 3.05) is 25.9 Å². The SMILES string of the molecule is CN1CCC(c2nc(Br)c3ccc(N)cn23)C1. The minimum absolute atomic E-state index is 0.501. The maximum absolute atomic E-state index is 5.85. The van der Waals surface area contributed by atoms with Gasteiger partial charge in [0.1, 0.15) is 10.4 Å². The first-order valence-electron chi connectivity index (χ1n) is 5.76. The predicted molar refractivity (Wildman–Crippen MR) is 72.2 cm³/mol. The normalized spacial score (nSPS) is 21.4. The molecule has 0 saturated carbocycles. The van der Waals surface area contributed by atoms with Crippen molar-refractivity contribution < 1.29 is 0 Å². The Bertz CT molecular complexity index is 563. The van der Waals surface area contributed by atoms with Gasteiger partial charge in [-0.1, -0.05) is 0 Å². The fourth-order valence-corrected chi connectivity index (χ4v) is 3.03. The molecule has 1 aliphatic rings. The van der Waals surface area contributed by atoms with E-state index in [0.717, 1.165) is 41.1 Å². The Balaban J connectivity index is 2.13. The number of pyridine rings is 1. The highest BCUT2D eigenvalue weighted by Crippen LogP contribution is 2.29. The van der Waals surface area contributed by atoms with Crippen LogP contribution in [-0.4, -0.2) is 34.4 Å². The lowest BCUT2D eigenvalue weighted by Gasteiger charge is -2.09.